The van der Waals surface area contributed by atoms with Gasteiger partial charge in [-0.25, -0.2) is 9.78 Å². The maximum absolute atomic E-state index is 11.6. The molecule has 3 N–H and O–H groups in total. The Morgan fingerprint density at radius 3 is 2.73 bits per heavy atom. The van der Waals surface area contributed by atoms with Crippen molar-refractivity contribution < 1.29 is 4.79 Å². The lowest BCUT2D eigenvalue weighted by molar-refractivity contribution is 0.252. The number of aryl methyl sites for hydroxylation is 1. The second-order valence-electron chi connectivity index (χ2n) is 5.84. The zero-order chi connectivity index (χ0) is 16.1. The quantitative estimate of drug-likeness (QED) is 0.788. The summed E-state index contributed by atoms with van der Waals surface area (Å²) in [7, 11) is 0. The molecule has 0 fully saturated rings. The van der Waals surface area contributed by atoms with E-state index >= 15 is 0 Å². The lowest BCUT2D eigenvalue weighted by atomic mass is 10.1. The highest BCUT2D eigenvalue weighted by atomic mass is 16.2. The van der Waals surface area contributed by atoms with Gasteiger partial charge in [0, 0.05) is 30.4 Å². The second-order valence-corrected chi connectivity index (χ2v) is 5.84. The Labute approximate surface area is 131 Å². The van der Waals surface area contributed by atoms with Crippen LogP contribution in [0.2, 0.25) is 0 Å². The number of pyridine rings is 1. The van der Waals surface area contributed by atoms with E-state index in [2.05, 4.69) is 53.8 Å². The van der Waals surface area contributed by atoms with Crippen molar-refractivity contribution in [1.29, 1.82) is 0 Å². The third-order valence-electron chi connectivity index (χ3n) is 3.34. The van der Waals surface area contributed by atoms with Gasteiger partial charge in [0.25, 0.3) is 0 Å². The van der Waals surface area contributed by atoms with Crippen LogP contribution in [-0.2, 0) is 0 Å². The summed E-state index contributed by atoms with van der Waals surface area (Å²) in [6.07, 6.45) is 1.80. The van der Waals surface area contributed by atoms with Crippen molar-refractivity contribution in [3.05, 3.63) is 30.0 Å². The van der Waals surface area contributed by atoms with Crippen molar-refractivity contribution in [2.45, 2.75) is 27.7 Å². The Morgan fingerprint density at radius 1 is 1.27 bits per heavy atom. The van der Waals surface area contributed by atoms with E-state index in [9.17, 15) is 4.79 Å². The van der Waals surface area contributed by atoms with Gasteiger partial charge in [-0.15, -0.1) is 0 Å². The van der Waals surface area contributed by atoms with Crippen LogP contribution in [0.5, 0.6) is 0 Å². The topological polar surface area (TPSA) is 66.1 Å². The molecule has 5 heteroatoms. The first-order chi connectivity index (χ1) is 10.5. The summed E-state index contributed by atoms with van der Waals surface area (Å²) in [5.41, 5.74) is 2.26. The largest absolute Gasteiger partial charge is 0.385 e. The zero-order valence-corrected chi connectivity index (χ0v) is 13.7. The number of nitrogens with zero attached hydrogens (tertiary/aromatic N) is 1. The van der Waals surface area contributed by atoms with Gasteiger partial charge in [0.05, 0.1) is 0 Å². The molecule has 0 radical (unpaired) electrons. The predicted octanol–water partition coefficient (Wildman–Crippen LogP) is 3.75. The molecule has 0 saturated heterocycles. The molecule has 22 heavy (non-hydrogen) atoms. The highest BCUT2D eigenvalue weighted by Crippen LogP contribution is 2.25. The third kappa shape index (κ3) is 4.10. The Balaban J connectivity index is 2.27. The first-order valence-corrected chi connectivity index (χ1v) is 7.68. The van der Waals surface area contributed by atoms with E-state index < -0.39 is 0 Å². The number of carbonyl (C=O) groups excluding carboxylic acids is 1. The molecule has 0 aliphatic heterocycles. The van der Waals surface area contributed by atoms with Gasteiger partial charge < -0.3 is 10.6 Å². The van der Waals surface area contributed by atoms with Gasteiger partial charge in [0.1, 0.15) is 5.82 Å². The fraction of sp³-hybridized carbons (Fsp3) is 0.412. The first-order valence-electron chi connectivity index (χ1n) is 7.68. The number of aromatic nitrogens is 1. The van der Waals surface area contributed by atoms with E-state index in [1.165, 1.54) is 5.56 Å². The molecule has 2 aromatic rings. The number of hydrogen-bond acceptors (Lipinski definition) is 3. The monoisotopic (exact) mass is 300 g/mol. The molecule has 0 aliphatic rings. The highest BCUT2D eigenvalue weighted by Gasteiger charge is 2.06. The minimum absolute atomic E-state index is 0.236. The number of anilines is 2. The molecule has 0 bridgehead atoms. The van der Waals surface area contributed by atoms with Gasteiger partial charge in [-0.2, -0.15) is 0 Å². The Morgan fingerprint density at radius 2 is 2.05 bits per heavy atom. The summed E-state index contributed by atoms with van der Waals surface area (Å²) in [5.74, 6) is 1.14. The van der Waals surface area contributed by atoms with E-state index in [0.717, 1.165) is 23.0 Å². The van der Waals surface area contributed by atoms with Gasteiger partial charge in [0.2, 0.25) is 0 Å². The Bertz CT molecular complexity index is 667. The summed E-state index contributed by atoms with van der Waals surface area (Å²) in [6.45, 7) is 9.82. The maximum atomic E-state index is 11.6. The molecular weight excluding hydrogens is 276 g/mol. The summed E-state index contributed by atoms with van der Waals surface area (Å²) in [5, 5.41) is 11.0. The summed E-state index contributed by atoms with van der Waals surface area (Å²) < 4.78 is 0. The standard InChI is InChI=1S/C17H24N4O/c1-5-18-17(22)21-16-8-13-7-14(19-9-11(2)3)6-12(4)15(13)10-20-16/h6-8,10-11,19H,5,9H2,1-4H3,(H2,18,20,21,22). The lowest BCUT2D eigenvalue weighted by Gasteiger charge is -2.12. The molecule has 2 rings (SSSR count). The van der Waals surface area contributed by atoms with Crippen LogP contribution in [0.1, 0.15) is 26.3 Å². The van der Waals surface area contributed by atoms with E-state index in [1.807, 2.05) is 13.0 Å². The molecule has 1 aromatic heterocycles. The van der Waals surface area contributed by atoms with E-state index in [4.69, 9.17) is 0 Å². The van der Waals surface area contributed by atoms with Crippen molar-refractivity contribution in [2.75, 3.05) is 23.7 Å². The predicted molar refractivity (Wildman–Crippen MR) is 92.5 cm³/mol. The summed E-state index contributed by atoms with van der Waals surface area (Å²) in [6, 6.07) is 5.89. The van der Waals surface area contributed by atoms with Crippen molar-refractivity contribution in [2.24, 2.45) is 5.92 Å². The van der Waals surface area contributed by atoms with Crippen LogP contribution in [0.4, 0.5) is 16.3 Å². The fourth-order valence-electron chi connectivity index (χ4n) is 2.25. The van der Waals surface area contributed by atoms with E-state index in [1.54, 1.807) is 6.20 Å². The molecule has 5 nitrogen and oxygen atoms in total. The third-order valence-corrected chi connectivity index (χ3v) is 3.34. The molecular formula is C17H24N4O. The van der Waals surface area contributed by atoms with Crippen LogP contribution < -0.4 is 16.0 Å². The molecule has 1 heterocycles. The average Bonchev–Trinajstić information content (AvgIpc) is 2.45. The van der Waals surface area contributed by atoms with Crippen molar-refractivity contribution in [3.8, 4) is 0 Å². The molecule has 118 valence electrons. The molecule has 2 amide bonds. The lowest BCUT2D eigenvalue weighted by Crippen LogP contribution is -2.28. The van der Waals surface area contributed by atoms with Gasteiger partial charge in [-0.3, -0.25) is 5.32 Å². The molecule has 1 aromatic carbocycles. The molecule has 0 spiro atoms. The normalized spacial score (nSPS) is 10.8. The minimum Gasteiger partial charge on any atom is -0.385 e. The maximum Gasteiger partial charge on any atom is 0.320 e. The molecule has 0 saturated carbocycles. The highest BCUT2D eigenvalue weighted by molar-refractivity contribution is 5.94. The number of urea groups is 1. The van der Waals surface area contributed by atoms with Gasteiger partial charge in [-0.05, 0) is 48.9 Å². The summed E-state index contributed by atoms with van der Waals surface area (Å²) in [4.78, 5) is 15.9. The zero-order valence-electron chi connectivity index (χ0n) is 13.7. The van der Waals surface area contributed by atoms with Crippen molar-refractivity contribution >= 4 is 28.3 Å². The van der Waals surface area contributed by atoms with Crippen LogP contribution in [0.25, 0.3) is 10.8 Å². The van der Waals surface area contributed by atoms with Crippen molar-refractivity contribution in [1.82, 2.24) is 10.3 Å². The average molecular weight is 300 g/mol. The number of benzene rings is 1. The summed E-state index contributed by atoms with van der Waals surface area (Å²) >= 11 is 0. The van der Waals surface area contributed by atoms with E-state index in [0.29, 0.717) is 18.3 Å². The number of hydrogen-bond donors (Lipinski definition) is 3. The van der Waals surface area contributed by atoms with Gasteiger partial charge >= 0.3 is 6.03 Å². The minimum atomic E-state index is -0.236. The molecule has 0 atom stereocenters. The van der Waals surface area contributed by atoms with Crippen molar-refractivity contribution in [3.63, 3.8) is 0 Å². The number of amides is 2. The molecule has 0 aliphatic carbocycles. The second kappa shape index (κ2) is 7.11. The van der Waals surface area contributed by atoms with Crippen LogP contribution in [-0.4, -0.2) is 24.1 Å². The van der Waals surface area contributed by atoms with Gasteiger partial charge in [-0.1, -0.05) is 13.8 Å². The van der Waals surface area contributed by atoms with Gasteiger partial charge in [0.15, 0.2) is 0 Å². The molecule has 0 unspecified atom stereocenters. The number of nitrogens with one attached hydrogen (secondary N) is 3. The Kier molecular flexibility index (Phi) is 5.20. The Hall–Kier alpha value is -2.30. The van der Waals surface area contributed by atoms with E-state index in [-0.39, 0.29) is 6.03 Å². The van der Waals surface area contributed by atoms with Crippen LogP contribution in [0.3, 0.4) is 0 Å². The number of rotatable bonds is 5. The first kappa shape index (κ1) is 16.1. The SMILES string of the molecule is CCNC(=O)Nc1cc2cc(NCC(C)C)cc(C)c2cn1. The smallest absolute Gasteiger partial charge is 0.320 e. The number of fused-ring (bicyclic) bond motifs is 1. The van der Waals surface area contributed by atoms with Crippen LogP contribution in [0.15, 0.2) is 24.4 Å². The van der Waals surface area contributed by atoms with Crippen LogP contribution in [0, 0.1) is 12.8 Å². The number of carbonyl (C=O) groups is 1. The fourth-order valence-corrected chi connectivity index (χ4v) is 2.25. The van der Waals surface area contributed by atoms with Crippen LogP contribution >= 0.6 is 0 Å².